The Morgan fingerprint density at radius 1 is 1.00 bits per heavy atom. The largest absolute Gasteiger partial charge is 0.364 e. The molecule has 0 unspecified atom stereocenters. The van der Waals surface area contributed by atoms with E-state index < -0.39 is 10.0 Å². The zero-order chi connectivity index (χ0) is 23.5. The van der Waals surface area contributed by atoms with Crippen LogP contribution in [0.25, 0.3) is 11.1 Å². The quantitative estimate of drug-likeness (QED) is 0.460. The molecule has 0 saturated carbocycles. The fraction of sp³-hybridized carbons (Fsp3) is 0.231. The normalized spacial score (nSPS) is 16.7. The van der Waals surface area contributed by atoms with Gasteiger partial charge in [0, 0.05) is 43.4 Å². The average Bonchev–Trinajstić information content (AvgIpc) is 3.30. The second-order valence-corrected chi connectivity index (χ2v) is 10.6. The van der Waals surface area contributed by atoms with Gasteiger partial charge in [0.2, 0.25) is 10.0 Å². The highest BCUT2D eigenvalue weighted by Crippen LogP contribution is 2.34. The lowest BCUT2D eigenvalue weighted by Crippen LogP contribution is -2.45. The first-order chi connectivity index (χ1) is 16.5. The molecule has 0 aliphatic carbocycles. The first-order valence-electron chi connectivity index (χ1n) is 11.2. The molecule has 34 heavy (non-hydrogen) atoms. The van der Waals surface area contributed by atoms with Crippen molar-refractivity contribution in [2.45, 2.75) is 25.6 Å². The number of aromatic amines is 1. The fourth-order valence-corrected chi connectivity index (χ4v) is 5.70. The Bertz CT molecular complexity index is 1340. The van der Waals surface area contributed by atoms with Gasteiger partial charge in [-0.1, -0.05) is 42.5 Å². The zero-order valence-electron chi connectivity index (χ0n) is 19.0. The van der Waals surface area contributed by atoms with Gasteiger partial charge in [-0.05, 0) is 46.9 Å². The number of nitrogens with zero attached hydrogens (tertiary/aromatic N) is 4. The molecular formula is C26H27N5O2S. The number of H-pyrrole nitrogens is 1. The third kappa shape index (κ3) is 4.88. The van der Waals surface area contributed by atoms with E-state index >= 15 is 0 Å². The lowest BCUT2D eigenvalue weighted by molar-refractivity contribution is 0.320. The number of benzene rings is 2. The summed E-state index contributed by atoms with van der Waals surface area (Å²) in [5.74, 6) is 0. The van der Waals surface area contributed by atoms with Crippen molar-refractivity contribution in [2.75, 3.05) is 17.7 Å². The van der Waals surface area contributed by atoms with Gasteiger partial charge in [0.1, 0.15) is 0 Å². The molecule has 1 N–H and O–H groups in total. The number of fused-ring (bicyclic) bond motifs is 1. The third-order valence-electron chi connectivity index (χ3n) is 6.24. The molecule has 0 spiro atoms. The van der Waals surface area contributed by atoms with E-state index in [0.29, 0.717) is 26.1 Å². The van der Waals surface area contributed by atoms with E-state index in [-0.39, 0.29) is 6.04 Å². The van der Waals surface area contributed by atoms with Gasteiger partial charge in [0.05, 0.1) is 24.8 Å². The van der Waals surface area contributed by atoms with Crippen molar-refractivity contribution in [3.63, 3.8) is 0 Å². The Morgan fingerprint density at radius 2 is 1.85 bits per heavy atom. The summed E-state index contributed by atoms with van der Waals surface area (Å²) in [6.07, 6.45) is 9.00. The molecule has 174 valence electrons. The Morgan fingerprint density at radius 3 is 2.56 bits per heavy atom. The van der Waals surface area contributed by atoms with Crippen LogP contribution in [-0.4, -0.2) is 46.5 Å². The van der Waals surface area contributed by atoms with Crippen molar-refractivity contribution in [3.05, 3.63) is 102 Å². The van der Waals surface area contributed by atoms with Crippen LogP contribution in [0.2, 0.25) is 0 Å². The Balaban J connectivity index is 1.58. The minimum absolute atomic E-state index is 0.213. The maximum Gasteiger partial charge on any atom is 0.211 e. The van der Waals surface area contributed by atoms with Gasteiger partial charge in [-0.15, -0.1) is 0 Å². The highest BCUT2D eigenvalue weighted by Gasteiger charge is 2.33. The molecule has 0 fully saturated rings. The standard InChI is InChI=1S/C26H27N5O2S/c1-34(32,33)31-16-23-13-21(22-8-5-11-27-14-22)9-10-26(23)30(17-24-15-28-19-29-24)18-25(31)12-20-6-3-2-4-7-20/h2-11,13-15,19,25H,12,16-18H2,1H3,(H,28,29)/t25-/m0/s1. The van der Waals surface area contributed by atoms with Gasteiger partial charge in [0.15, 0.2) is 0 Å². The molecule has 1 atom stereocenters. The zero-order valence-corrected chi connectivity index (χ0v) is 19.8. The summed E-state index contributed by atoms with van der Waals surface area (Å²) in [5, 5.41) is 0. The van der Waals surface area contributed by atoms with Crippen molar-refractivity contribution in [3.8, 4) is 11.1 Å². The predicted octanol–water partition coefficient (Wildman–Crippen LogP) is 3.86. The third-order valence-corrected chi connectivity index (χ3v) is 7.52. The number of nitrogens with one attached hydrogen (secondary N) is 1. The molecule has 1 aliphatic rings. The molecule has 1 aliphatic heterocycles. The molecule has 0 amide bonds. The van der Waals surface area contributed by atoms with E-state index in [2.05, 4.69) is 50.2 Å². The summed E-state index contributed by atoms with van der Waals surface area (Å²) in [4.78, 5) is 13.9. The van der Waals surface area contributed by atoms with Crippen LogP contribution in [0.3, 0.4) is 0 Å². The van der Waals surface area contributed by atoms with Crippen LogP contribution in [0.4, 0.5) is 5.69 Å². The van der Waals surface area contributed by atoms with E-state index in [1.54, 1.807) is 16.8 Å². The van der Waals surface area contributed by atoms with Gasteiger partial charge in [-0.2, -0.15) is 4.31 Å². The van der Waals surface area contributed by atoms with Crippen LogP contribution < -0.4 is 4.90 Å². The average molecular weight is 474 g/mol. The van der Waals surface area contributed by atoms with Crippen LogP contribution in [-0.2, 0) is 29.5 Å². The first-order valence-corrected chi connectivity index (χ1v) is 13.1. The van der Waals surface area contributed by atoms with Gasteiger partial charge in [0.25, 0.3) is 0 Å². The summed E-state index contributed by atoms with van der Waals surface area (Å²) >= 11 is 0. The molecule has 8 heteroatoms. The summed E-state index contributed by atoms with van der Waals surface area (Å²) in [6.45, 7) is 1.50. The van der Waals surface area contributed by atoms with Crippen LogP contribution in [0.1, 0.15) is 16.8 Å². The van der Waals surface area contributed by atoms with Gasteiger partial charge < -0.3 is 9.88 Å². The van der Waals surface area contributed by atoms with Gasteiger partial charge in [-0.3, -0.25) is 4.98 Å². The molecule has 2 aromatic heterocycles. The van der Waals surface area contributed by atoms with E-state index in [9.17, 15) is 8.42 Å². The van der Waals surface area contributed by atoms with Gasteiger partial charge in [-0.25, -0.2) is 13.4 Å². The molecule has 4 aromatic rings. The molecule has 0 bridgehead atoms. The van der Waals surface area contributed by atoms with E-state index in [1.165, 1.54) is 6.26 Å². The summed E-state index contributed by atoms with van der Waals surface area (Å²) in [6, 6.07) is 20.1. The van der Waals surface area contributed by atoms with Crippen molar-refractivity contribution < 1.29 is 8.42 Å². The highest BCUT2D eigenvalue weighted by molar-refractivity contribution is 7.88. The maximum absolute atomic E-state index is 13.0. The monoisotopic (exact) mass is 473 g/mol. The van der Waals surface area contributed by atoms with Crippen LogP contribution in [0.15, 0.2) is 85.6 Å². The Hall–Kier alpha value is -3.49. The van der Waals surface area contributed by atoms with Crippen molar-refractivity contribution >= 4 is 15.7 Å². The number of pyridine rings is 1. The molecule has 0 radical (unpaired) electrons. The Labute approximate surface area is 200 Å². The minimum Gasteiger partial charge on any atom is -0.364 e. The summed E-state index contributed by atoms with van der Waals surface area (Å²) in [7, 11) is -3.45. The first kappa shape index (κ1) is 22.3. The molecular weight excluding hydrogens is 446 g/mol. The van der Waals surface area contributed by atoms with Crippen molar-refractivity contribution in [1.82, 2.24) is 19.3 Å². The van der Waals surface area contributed by atoms with Gasteiger partial charge >= 0.3 is 0 Å². The number of imidazole rings is 1. The minimum atomic E-state index is -3.45. The SMILES string of the molecule is CS(=O)(=O)N1Cc2cc(-c3cccnc3)ccc2N(Cc2cnc[nH]2)C[C@@H]1Cc1ccccc1. The number of rotatable bonds is 6. The predicted molar refractivity (Wildman–Crippen MR) is 134 cm³/mol. The van der Waals surface area contributed by atoms with Crippen LogP contribution in [0.5, 0.6) is 0 Å². The molecule has 2 aromatic carbocycles. The van der Waals surface area contributed by atoms with E-state index in [0.717, 1.165) is 33.6 Å². The maximum atomic E-state index is 13.0. The number of aromatic nitrogens is 3. The molecule has 7 nitrogen and oxygen atoms in total. The van der Waals surface area contributed by atoms with E-state index in [4.69, 9.17) is 0 Å². The number of hydrogen-bond donors (Lipinski definition) is 1. The van der Waals surface area contributed by atoms with E-state index in [1.807, 2.05) is 42.7 Å². The number of hydrogen-bond acceptors (Lipinski definition) is 5. The van der Waals surface area contributed by atoms with Crippen molar-refractivity contribution in [1.29, 1.82) is 0 Å². The molecule has 0 saturated heterocycles. The van der Waals surface area contributed by atoms with Crippen LogP contribution in [0, 0.1) is 0 Å². The topological polar surface area (TPSA) is 82.2 Å². The lowest BCUT2D eigenvalue weighted by atomic mass is 10.0. The Kier molecular flexibility index (Phi) is 6.17. The van der Waals surface area contributed by atoms with Crippen LogP contribution >= 0.6 is 0 Å². The number of sulfonamides is 1. The lowest BCUT2D eigenvalue weighted by Gasteiger charge is -2.31. The molecule has 3 heterocycles. The second-order valence-electron chi connectivity index (χ2n) is 8.69. The smallest absolute Gasteiger partial charge is 0.211 e. The van der Waals surface area contributed by atoms with Crippen molar-refractivity contribution in [2.24, 2.45) is 0 Å². The summed E-state index contributed by atoms with van der Waals surface area (Å²) in [5.41, 5.74) is 6.12. The highest BCUT2D eigenvalue weighted by atomic mass is 32.2. The fourth-order valence-electron chi connectivity index (χ4n) is 4.64. The second kappa shape index (κ2) is 9.40. The molecule has 5 rings (SSSR count). The number of anilines is 1. The summed E-state index contributed by atoms with van der Waals surface area (Å²) < 4.78 is 27.7.